The number of allylic oxidation sites excluding steroid dienone is 1. The molecule has 17 heavy (non-hydrogen) atoms. The van der Waals surface area contributed by atoms with Gasteiger partial charge < -0.3 is 4.90 Å². The predicted octanol–water partition coefficient (Wildman–Crippen LogP) is 3.76. The Hall–Kier alpha value is -1.36. The number of nitro groups is 1. The zero-order valence-corrected chi connectivity index (χ0v) is 11.3. The van der Waals surface area contributed by atoms with E-state index in [-0.39, 0.29) is 10.6 Å². The van der Waals surface area contributed by atoms with Crippen molar-refractivity contribution in [3.05, 3.63) is 45.4 Å². The largest absolute Gasteiger partial charge is 0.369 e. The first-order valence-corrected chi connectivity index (χ1v) is 6.11. The van der Waals surface area contributed by atoms with E-state index >= 15 is 0 Å². The molecule has 0 aliphatic heterocycles. The average Bonchev–Trinajstić information content (AvgIpc) is 2.29. The average molecular weight is 299 g/mol. The molecule has 92 valence electrons. The van der Waals surface area contributed by atoms with Crippen LogP contribution in [0.4, 0.5) is 11.4 Å². The van der Waals surface area contributed by atoms with Crippen molar-refractivity contribution >= 4 is 27.3 Å². The molecule has 0 spiro atoms. The Balaban J connectivity index is 2.88. The van der Waals surface area contributed by atoms with Crippen molar-refractivity contribution in [1.29, 1.82) is 0 Å². The van der Waals surface area contributed by atoms with Gasteiger partial charge in [-0.05, 0) is 25.0 Å². The fraction of sp³-hybridized carbons (Fsp3) is 0.333. The lowest BCUT2D eigenvalue weighted by Gasteiger charge is -2.18. The van der Waals surface area contributed by atoms with Crippen molar-refractivity contribution in [2.45, 2.75) is 12.8 Å². The van der Waals surface area contributed by atoms with Gasteiger partial charge in [-0.25, -0.2) is 0 Å². The minimum atomic E-state index is -0.357. The second kappa shape index (κ2) is 6.39. The molecule has 0 saturated heterocycles. The van der Waals surface area contributed by atoms with Gasteiger partial charge in [0.15, 0.2) is 0 Å². The monoisotopic (exact) mass is 298 g/mol. The molecule has 0 aromatic heterocycles. The highest BCUT2D eigenvalue weighted by atomic mass is 79.9. The number of hydrogen-bond acceptors (Lipinski definition) is 3. The Morgan fingerprint density at radius 2 is 2.29 bits per heavy atom. The summed E-state index contributed by atoms with van der Waals surface area (Å²) in [5, 5.41) is 11.0. The van der Waals surface area contributed by atoms with Gasteiger partial charge in [0, 0.05) is 24.1 Å². The Kier molecular flexibility index (Phi) is 5.15. The summed E-state index contributed by atoms with van der Waals surface area (Å²) >= 11 is 3.24. The van der Waals surface area contributed by atoms with Gasteiger partial charge in [0.1, 0.15) is 5.69 Å². The highest BCUT2D eigenvalue weighted by molar-refractivity contribution is 9.10. The first kappa shape index (κ1) is 13.7. The Morgan fingerprint density at radius 3 is 2.88 bits per heavy atom. The molecule has 1 aromatic rings. The van der Waals surface area contributed by atoms with Crippen LogP contribution in [0.25, 0.3) is 0 Å². The number of unbranched alkanes of at least 4 members (excludes halogenated alkanes) is 1. The number of nitrogens with zero attached hydrogens (tertiary/aromatic N) is 2. The van der Waals surface area contributed by atoms with E-state index in [1.54, 1.807) is 6.07 Å². The molecule has 0 saturated carbocycles. The first-order chi connectivity index (χ1) is 8.06. The van der Waals surface area contributed by atoms with Crippen LogP contribution < -0.4 is 4.90 Å². The number of nitro benzene ring substituents is 1. The van der Waals surface area contributed by atoms with Gasteiger partial charge in [0.25, 0.3) is 5.69 Å². The van der Waals surface area contributed by atoms with E-state index in [1.807, 2.05) is 24.1 Å². The summed E-state index contributed by atoms with van der Waals surface area (Å²) in [5.41, 5.74) is 0.766. The maximum Gasteiger partial charge on any atom is 0.293 e. The minimum Gasteiger partial charge on any atom is -0.369 e. The molecule has 5 heteroatoms. The van der Waals surface area contributed by atoms with Crippen LogP contribution in [0.3, 0.4) is 0 Å². The molecule has 1 rings (SSSR count). The summed E-state index contributed by atoms with van der Waals surface area (Å²) in [6.45, 7) is 4.43. The summed E-state index contributed by atoms with van der Waals surface area (Å²) < 4.78 is 0.715. The lowest BCUT2D eigenvalue weighted by atomic mass is 10.2. The molecule has 0 atom stereocenters. The zero-order valence-electron chi connectivity index (χ0n) is 9.73. The van der Waals surface area contributed by atoms with Crippen LogP contribution in [0.15, 0.2) is 35.3 Å². The number of hydrogen-bond donors (Lipinski definition) is 0. The van der Waals surface area contributed by atoms with Crippen molar-refractivity contribution in [3.63, 3.8) is 0 Å². The molecule has 0 aliphatic carbocycles. The SMILES string of the molecule is C=CCCCN(C)c1ccc(Br)cc1[N+](=O)[O-]. The van der Waals surface area contributed by atoms with E-state index < -0.39 is 0 Å². The summed E-state index contributed by atoms with van der Waals surface area (Å²) in [6, 6.07) is 5.10. The summed E-state index contributed by atoms with van der Waals surface area (Å²) in [6.07, 6.45) is 3.70. The first-order valence-electron chi connectivity index (χ1n) is 5.32. The summed E-state index contributed by atoms with van der Waals surface area (Å²) in [7, 11) is 1.86. The predicted molar refractivity (Wildman–Crippen MR) is 73.5 cm³/mol. The van der Waals surface area contributed by atoms with Crippen molar-refractivity contribution in [1.82, 2.24) is 0 Å². The van der Waals surface area contributed by atoms with Gasteiger partial charge in [-0.2, -0.15) is 0 Å². The van der Waals surface area contributed by atoms with Gasteiger partial charge in [-0.3, -0.25) is 10.1 Å². The van der Waals surface area contributed by atoms with Crippen molar-refractivity contribution in [2.24, 2.45) is 0 Å². The molecule has 0 aliphatic rings. The Bertz CT molecular complexity index is 421. The molecule has 1 aromatic carbocycles. The second-order valence-corrected chi connectivity index (χ2v) is 4.66. The topological polar surface area (TPSA) is 46.4 Å². The Labute approximate surface area is 109 Å². The number of benzene rings is 1. The maximum atomic E-state index is 11.0. The van der Waals surface area contributed by atoms with E-state index in [0.29, 0.717) is 10.2 Å². The fourth-order valence-electron chi connectivity index (χ4n) is 1.56. The van der Waals surface area contributed by atoms with Crippen LogP contribution in [-0.4, -0.2) is 18.5 Å². The third-order valence-corrected chi connectivity index (χ3v) is 2.94. The quantitative estimate of drug-likeness (QED) is 0.348. The van der Waals surface area contributed by atoms with Gasteiger partial charge in [-0.15, -0.1) is 6.58 Å². The molecule has 0 heterocycles. The van der Waals surface area contributed by atoms with Gasteiger partial charge in [0.2, 0.25) is 0 Å². The van der Waals surface area contributed by atoms with Crippen LogP contribution in [0.5, 0.6) is 0 Å². The highest BCUT2D eigenvalue weighted by Gasteiger charge is 2.16. The van der Waals surface area contributed by atoms with Crippen LogP contribution in [0.2, 0.25) is 0 Å². The molecule has 0 bridgehead atoms. The highest BCUT2D eigenvalue weighted by Crippen LogP contribution is 2.30. The molecule has 0 N–H and O–H groups in total. The van der Waals surface area contributed by atoms with E-state index in [0.717, 1.165) is 19.4 Å². The molecule has 0 radical (unpaired) electrons. The van der Waals surface area contributed by atoms with Crippen LogP contribution in [0.1, 0.15) is 12.8 Å². The van der Waals surface area contributed by atoms with Crippen LogP contribution in [0, 0.1) is 10.1 Å². The van der Waals surface area contributed by atoms with Crippen LogP contribution in [-0.2, 0) is 0 Å². The van der Waals surface area contributed by atoms with E-state index in [9.17, 15) is 10.1 Å². The second-order valence-electron chi connectivity index (χ2n) is 3.74. The van der Waals surface area contributed by atoms with Gasteiger partial charge in [0.05, 0.1) is 4.92 Å². The maximum absolute atomic E-state index is 11.0. The molecular weight excluding hydrogens is 284 g/mol. The zero-order chi connectivity index (χ0) is 12.8. The lowest BCUT2D eigenvalue weighted by Crippen LogP contribution is -2.19. The summed E-state index contributed by atoms with van der Waals surface area (Å²) in [4.78, 5) is 12.5. The van der Waals surface area contributed by atoms with Gasteiger partial charge in [-0.1, -0.05) is 22.0 Å². The van der Waals surface area contributed by atoms with E-state index in [2.05, 4.69) is 22.5 Å². The smallest absolute Gasteiger partial charge is 0.293 e. The van der Waals surface area contributed by atoms with Crippen LogP contribution >= 0.6 is 15.9 Å². The van der Waals surface area contributed by atoms with Crippen molar-refractivity contribution < 1.29 is 4.92 Å². The molecular formula is C12H15BrN2O2. The van der Waals surface area contributed by atoms with Crippen molar-refractivity contribution in [2.75, 3.05) is 18.5 Å². The Morgan fingerprint density at radius 1 is 1.59 bits per heavy atom. The number of halogens is 1. The fourth-order valence-corrected chi connectivity index (χ4v) is 1.91. The van der Waals surface area contributed by atoms with E-state index in [1.165, 1.54) is 6.07 Å². The van der Waals surface area contributed by atoms with Crippen molar-refractivity contribution in [3.8, 4) is 0 Å². The third kappa shape index (κ3) is 3.85. The van der Waals surface area contributed by atoms with Gasteiger partial charge >= 0.3 is 0 Å². The number of anilines is 1. The van der Waals surface area contributed by atoms with E-state index in [4.69, 9.17) is 0 Å². The molecule has 0 fully saturated rings. The minimum absolute atomic E-state index is 0.125. The third-order valence-electron chi connectivity index (χ3n) is 2.45. The normalized spacial score (nSPS) is 10.0. The lowest BCUT2D eigenvalue weighted by molar-refractivity contribution is -0.384. The molecule has 4 nitrogen and oxygen atoms in total. The molecule has 0 amide bonds. The standard InChI is InChI=1S/C12H15BrN2O2/c1-3-4-5-8-14(2)11-7-6-10(13)9-12(11)15(16)17/h3,6-7,9H,1,4-5,8H2,2H3. The number of rotatable bonds is 6. The summed E-state index contributed by atoms with van der Waals surface area (Å²) in [5.74, 6) is 0. The molecule has 0 unspecified atom stereocenters.